The summed E-state index contributed by atoms with van der Waals surface area (Å²) in [4.78, 5) is 0. The smallest absolute Gasteiger partial charge is 0.123 e. The molecule has 8 atom stereocenters. The van der Waals surface area contributed by atoms with Crippen LogP contribution < -0.4 is 16.2 Å². The molecule has 0 spiro atoms. The van der Waals surface area contributed by atoms with Crippen molar-refractivity contribution >= 4 is 11.4 Å². The first kappa shape index (κ1) is 27.7. The van der Waals surface area contributed by atoms with Gasteiger partial charge < -0.3 is 16.2 Å². The van der Waals surface area contributed by atoms with E-state index in [1.165, 1.54) is 56.9 Å². The Morgan fingerprint density at radius 2 is 1.68 bits per heavy atom. The SMILES string of the molecule is CC(C)=CCCC(C)C1CCC2C3CC=C4C(C)(C)C(Oc5cc(N)cc(N)c5)CCC4(C)C3CCC12C. The minimum atomic E-state index is -0.00423. The summed E-state index contributed by atoms with van der Waals surface area (Å²) in [5.41, 5.74) is 17.4. The number of benzene rings is 1. The van der Waals surface area contributed by atoms with Crippen LogP contribution in [0.2, 0.25) is 0 Å². The van der Waals surface area contributed by atoms with Crippen LogP contribution in [-0.2, 0) is 0 Å². The lowest BCUT2D eigenvalue weighted by molar-refractivity contribution is -0.0739. The van der Waals surface area contributed by atoms with Gasteiger partial charge >= 0.3 is 0 Å². The fourth-order valence-electron chi connectivity index (χ4n) is 10.3. The van der Waals surface area contributed by atoms with Crippen molar-refractivity contribution in [1.82, 2.24) is 0 Å². The van der Waals surface area contributed by atoms with Crippen molar-refractivity contribution in [3.05, 3.63) is 41.5 Å². The molecule has 0 radical (unpaired) electrons. The molecule has 1 aromatic rings. The van der Waals surface area contributed by atoms with Crippen molar-refractivity contribution in [2.45, 2.75) is 112 Å². The third-order valence-electron chi connectivity index (χ3n) is 12.1. The second kappa shape index (κ2) is 9.93. The molecule has 1 aromatic carbocycles. The van der Waals surface area contributed by atoms with Crippen molar-refractivity contribution in [2.75, 3.05) is 11.5 Å². The van der Waals surface area contributed by atoms with Crippen LogP contribution in [-0.4, -0.2) is 6.10 Å². The van der Waals surface area contributed by atoms with E-state index in [0.717, 1.165) is 41.8 Å². The molecule has 0 aliphatic heterocycles. The Bertz CT molecular complexity index is 1080. The molecule has 210 valence electrons. The van der Waals surface area contributed by atoms with Crippen molar-refractivity contribution in [1.29, 1.82) is 0 Å². The molecule has 0 aromatic heterocycles. The van der Waals surface area contributed by atoms with Crippen LogP contribution in [0.15, 0.2) is 41.5 Å². The number of anilines is 2. The Hall–Kier alpha value is -1.90. The molecule has 4 aliphatic rings. The number of hydrogen-bond donors (Lipinski definition) is 2. The molecule has 3 heteroatoms. The van der Waals surface area contributed by atoms with Gasteiger partial charge in [-0.25, -0.2) is 0 Å². The predicted molar refractivity (Wildman–Crippen MR) is 162 cm³/mol. The average Bonchev–Trinajstić information content (AvgIpc) is 3.17. The molecule has 0 bridgehead atoms. The molecule has 38 heavy (non-hydrogen) atoms. The predicted octanol–water partition coefficient (Wildman–Crippen LogP) is 9.20. The molecular weight excluding hydrogens is 464 g/mol. The van der Waals surface area contributed by atoms with Crippen LogP contribution in [0.3, 0.4) is 0 Å². The normalized spacial score (nSPS) is 38.3. The maximum atomic E-state index is 6.63. The summed E-state index contributed by atoms with van der Waals surface area (Å²) >= 11 is 0. The number of ether oxygens (including phenoxy) is 1. The van der Waals surface area contributed by atoms with Gasteiger partial charge in [-0.15, -0.1) is 0 Å². The van der Waals surface area contributed by atoms with Crippen LogP contribution >= 0.6 is 0 Å². The van der Waals surface area contributed by atoms with E-state index in [2.05, 4.69) is 60.6 Å². The van der Waals surface area contributed by atoms with Crippen LogP contribution in [0.5, 0.6) is 5.75 Å². The molecule has 5 rings (SSSR count). The van der Waals surface area contributed by atoms with E-state index >= 15 is 0 Å². The van der Waals surface area contributed by atoms with Crippen LogP contribution in [0.4, 0.5) is 11.4 Å². The fourth-order valence-corrected chi connectivity index (χ4v) is 10.3. The lowest BCUT2D eigenvalue weighted by atomic mass is 9.44. The summed E-state index contributed by atoms with van der Waals surface area (Å²) in [6, 6.07) is 5.64. The Morgan fingerprint density at radius 1 is 0.974 bits per heavy atom. The third-order valence-corrected chi connectivity index (χ3v) is 12.1. The fraction of sp³-hybridized carbons (Fsp3) is 0.714. The first-order valence-corrected chi connectivity index (χ1v) is 15.5. The van der Waals surface area contributed by atoms with Crippen molar-refractivity contribution in [2.24, 2.45) is 45.8 Å². The number of hydrogen-bond acceptors (Lipinski definition) is 3. The number of nitrogen functional groups attached to an aromatic ring is 2. The van der Waals surface area contributed by atoms with Gasteiger partial charge in [0.1, 0.15) is 11.9 Å². The van der Waals surface area contributed by atoms with Gasteiger partial charge in [-0.1, -0.05) is 57.9 Å². The number of fused-ring (bicyclic) bond motifs is 5. The zero-order valence-electron chi connectivity index (χ0n) is 25.3. The van der Waals surface area contributed by atoms with Gasteiger partial charge in [0, 0.05) is 28.9 Å². The third kappa shape index (κ3) is 4.60. The Labute approximate surface area is 232 Å². The summed E-state index contributed by atoms with van der Waals surface area (Å²) in [5, 5.41) is 0. The highest BCUT2D eigenvalue weighted by atomic mass is 16.5. The quantitative estimate of drug-likeness (QED) is 0.291. The molecule has 3 saturated carbocycles. The summed E-state index contributed by atoms with van der Waals surface area (Å²) < 4.78 is 6.63. The molecule has 8 unspecified atom stereocenters. The molecule has 0 amide bonds. The Kier molecular flexibility index (Phi) is 7.23. The maximum Gasteiger partial charge on any atom is 0.123 e. The summed E-state index contributed by atoms with van der Waals surface area (Å²) in [6.07, 6.45) is 17.1. The topological polar surface area (TPSA) is 61.3 Å². The number of allylic oxidation sites excluding steroid dienone is 3. The minimum Gasteiger partial charge on any atom is -0.489 e. The number of rotatable bonds is 6. The highest BCUT2D eigenvalue weighted by Gasteiger charge is 2.61. The molecule has 3 fully saturated rings. The van der Waals surface area contributed by atoms with Crippen molar-refractivity contribution < 1.29 is 4.74 Å². The summed E-state index contributed by atoms with van der Waals surface area (Å²) in [6.45, 7) is 17.2. The van der Waals surface area contributed by atoms with Gasteiger partial charge in [0.05, 0.1) is 0 Å². The lowest BCUT2D eigenvalue weighted by Gasteiger charge is -2.61. The zero-order valence-corrected chi connectivity index (χ0v) is 25.3. The van der Waals surface area contributed by atoms with Gasteiger partial charge in [0.15, 0.2) is 0 Å². The molecule has 4 aliphatic carbocycles. The molecular formula is C35H54N2O. The van der Waals surface area contributed by atoms with Crippen molar-refractivity contribution in [3.8, 4) is 5.75 Å². The first-order valence-electron chi connectivity index (χ1n) is 15.5. The molecule has 3 nitrogen and oxygen atoms in total. The Balaban J connectivity index is 1.35. The van der Waals surface area contributed by atoms with Gasteiger partial charge in [-0.05, 0) is 118 Å². The lowest BCUT2D eigenvalue weighted by Crippen LogP contribution is -2.55. The van der Waals surface area contributed by atoms with E-state index in [0.29, 0.717) is 16.8 Å². The second-order valence-corrected chi connectivity index (χ2v) is 14.9. The van der Waals surface area contributed by atoms with E-state index in [9.17, 15) is 0 Å². The van der Waals surface area contributed by atoms with Gasteiger partial charge in [-0.2, -0.15) is 0 Å². The molecule has 0 heterocycles. The van der Waals surface area contributed by atoms with Gasteiger partial charge in [0.25, 0.3) is 0 Å². The van der Waals surface area contributed by atoms with Crippen molar-refractivity contribution in [3.63, 3.8) is 0 Å². The maximum absolute atomic E-state index is 6.63. The van der Waals surface area contributed by atoms with Crippen LogP contribution in [0, 0.1) is 45.8 Å². The van der Waals surface area contributed by atoms with E-state index in [-0.39, 0.29) is 16.9 Å². The highest BCUT2D eigenvalue weighted by Crippen LogP contribution is 2.69. The average molecular weight is 519 g/mol. The summed E-state index contributed by atoms with van der Waals surface area (Å²) in [7, 11) is 0. The minimum absolute atomic E-state index is 0.00423. The monoisotopic (exact) mass is 518 g/mol. The van der Waals surface area contributed by atoms with E-state index < -0.39 is 0 Å². The van der Waals surface area contributed by atoms with Gasteiger partial charge in [0.2, 0.25) is 0 Å². The molecule has 4 N–H and O–H groups in total. The van der Waals surface area contributed by atoms with E-state index in [1.807, 2.05) is 12.1 Å². The Morgan fingerprint density at radius 3 is 2.37 bits per heavy atom. The van der Waals surface area contributed by atoms with Gasteiger partial charge in [-0.3, -0.25) is 0 Å². The van der Waals surface area contributed by atoms with E-state index in [1.54, 1.807) is 11.6 Å². The molecule has 0 saturated heterocycles. The van der Waals surface area contributed by atoms with Crippen LogP contribution in [0.25, 0.3) is 0 Å². The highest BCUT2D eigenvalue weighted by molar-refractivity contribution is 5.56. The second-order valence-electron chi connectivity index (χ2n) is 14.9. The van der Waals surface area contributed by atoms with Crippen LogP contribution in [0.1, 0.15) is 106 Å². The van der Waals surface area contributed by atoms with E-state index in [4.69, 9.17) is 16.2 Å². The summed E-state index contributed by atoms with van der Waals surface area (Å²) in [5.74, 6) is 5.07. The largest absolute Gasteiger partial charge is 0.489 e. The zero-order chi connectivity index (χ0) is 27.5. The standard InChI is InChI=1S/C35H54N2O/c1-22(2)9-8-10-23(3)28-12-13-29-27-11-14-31-33(4,5)32(38-26-20-24(36)19-25(37)21-26)16-18-35(31,7)30(27)15-17-34(28,29)6/h9,14,19-21,23,27-30,32H,8,10-13,15-18,36-37H2,1-7H3. The first-order chi connectivity index (χ1) is 17.9. The number of nitrogens with two attached hydrogens (primary N) is 2.